The van der Waals surface area contributed by atoms with Crippen molar-refractivity contribution < 1.29 is 22.7 Å². The second-order valence-corrected chi connectivity index (χ2v) is 10.5. The second-order valence-electron chi connectivity index (χ2n) is 7.43. The van der Waals surface area contributed by atoms with Gasteiger partial charge >= 0.3 is 0 Å². The number of carbonyl (C=O) groups is 2. The maximum atomic E-state index is 13.2. The van der Waals surface area contributed by atoms with Gasteiger partial charge in [-0.1, -0.05) is 12.6 Å². The number of nitrogens with one attached hydrogen (secondary N) is 2. The van der Waals surface area contributed by atoms with Crippen LogP contribution in [0.3, 0.4) is 0 Å². The van der Waals surface area contributed by atoms with Gasteiger partial charge in [0.15, 0.2) is 0 Å². The summed E-state index contributed by atoms with van der Waals surface area (Å²) in [5.74, 6) is -0.543. The molecule has 2 amide bonds. The van der Waals surface area contributed by atoms with E-state index in [1.807, 2.05) is 0 Å². The molecule has 1 aromatic carbocycles. The molecular formula is C21H23N3O5S2. The Balaban J connectivity index is 1.45. The normalized spacial score (nSPS) is 17.2. The highest BCUT2D eigenvalue weighted by molar-refractivity contribution is 7.89. The van der Waals surface area contributed by atoms with E-state index in [0.29, 0.717) is 36.7 Å². The van der Waals surface area contributed by atoms with Gasteiger partial charge < -0.3 is 15.4 Å². The molecule has 0 bridgehead atoms. The van der Waals surface area contributed by atoms with Crippen molar-refractivity contribution in [1.29, 1.82) is 0 Å². The number of benzene rings is 1. The van der Waals surface area contributed by atoms with Gasteiger partial charge in [0, 0.05) is 42.8 Å². The van der Waals surface area contributed by atoms with E-state index in [9.17, 15) is 18.0 Å². The van der Waals surface area contributed by atoms with Crippen LogP contribution in [0.15, 0.2) is 47.9 Å². The van der Waals surface area contributed by atoms with Crippen molar-refractivity contribution in [1.82, 2.24) is 4.31 Å². The molecule has 3 heterocycles. The third-order valence-corrected chi connectivity index (χ3v) is 8.19. The number of hydrogen-bond donors (Lipinski definition) is 2. The lowest BCUT2D eigenvalue weighted by molar-refractivity contribution is -0.122. The Hall–Kier alpha value is -2.53. The van der Waals surface area contributed by atoms with Gasteiger partial charge in [0.05, 0.1) is 9.90 Å². The first-order valence-electron chi connectivity index (χ1n) is 9.90. The third-order valence-electron chi connectivity index (χ3n) is 5.33. The van der Waals surface area contributed by atoms with Crippen LogP contribution in [-0.2, 0) is 37.4 Å². The second kappa shape index (κ2) is 8.91. The summed E-state index contributed by atoms with van der Waals surface area (Å²) in [5, 5.41) is 6.21. The number of hydrogen-bond acceptors (Lipinski definition) is 6. The van der Waals surface area contributed by atoms with Crippen LogP contribution < -0.4 is 10.6 Å². The average Bonchev–Trinajstić information content (AvgIpc) is 3.33. The summed E-state index contributed by atoms with van der Waals surface area (Å²) in [7, 11) is -3.73. The molecule has 0 aliphatic carbocycles. The molecule has 0 radical (unpaired) electrons. The highest BCUT2D eigenvalue weighted by Gasteiger charge is 2.32. The van der Waals surface area contributed by atoms with Gasteiger partial charge in [-0.05, 0) is 48.7 Å². The van der Waals surface area contributed by atoms with Crippen molar-refractivity contribution in [2.75, 3.05) is 23.8 Å². The molecule has 8 nitrogen and oxygen atoms in total. The Labute approximate surface area is 184 Å². The number of sulfonamides is 1. The number of rotatable bonds is 6. The predicted octanol–water partition coefficient (Wildman–Crippen LogP) is 2.94. The topological polar surface area (TPSA) is 105 Å². The van der Waals surface area contributed by atoms with Crippen LogP contribution in [0.1, 0.15) is 23.3 Å². The lowest BCUT2D eigenvalue weighted by Gasteiger charge is -2.21. The number of fused-ring (bicyclic) bond motifs is 1. The Kier molecular flexibility index (Phi) is 6.24. The molecule has 0 atom stereocenters. The number of amides is 2. The molecule has 2 aromatic rings. The van der Waals surface area contributed by atoms with Crippen LogP contribution in [0.25, 0.3) is 0 Å². The summed E-state index contributed by atoms with van der Waals surface area (Å²) in [6, 6.07) is 8.13. The van der Waals surface area contributed by atoms with Gasteiger partial charge in [0.25, 0.3) is 0 Å². The van der Waals surface area contributed by atoms with Crippen molar-refractivity contribution >= 4 is 43.9 Å². The predicted molar refractivity (Wildman–Crippen MR) is 118 cm³/mol. The SMILES string of the molecule is C=CC(=O)Nc1cc2c(s1)CN(S(=O)(=O)c1cccc(NC(=O)C3CCOCC3)c1)C2. The number of ether oxygens (including phenoxy) is 1. The molecule has 4 rings (SSSR count). The summed E-state index contributed by atoms with van der Waals surface area (Å²) >= 11 is 1.36. The Bertz CT molecular complexity index is 1100. The number of thiophene rings is 1. The zero-order valence-corrected chi connectivity index (χ0v) is 18.4. The van der Waals surface area contributed by atoms with Gasteiger partial charge in [-0.15, -0.1) is 11.3 Å². The van der Waals surface area contributed by atoms with E-state index in [1.165, 1.54) is 33.9 Å². The summed E-state index contributed by atoms with van der Waals surface area (Å²) in [5.41, 5.74) is 1.33. The third kappa shape index (κ3) is 4.72. The number of nitrogens with zero attached hydrogens (tertiary/aromatic N) is 1. The van der Waals surface area contributed by atoms with Crippen LogP contribution in [0.5, 0.6) is 0 Å². The van der Waals surface area contributed by atoms with Crippen LogP contribution in [0.4, 0.5) is 10.7 Å². The first kappa shape index (κ1) is 21.7. The minimum Gasteiger partial charge on any atom is -0.381 e. The van der Waals surface area contributed by atoms with Gasteiger partial charge in [0.2, 0.25) is 21.8 Å². The molecule has 1 aromatic heterocycles. The molecule has 0 spiro atoms. The molecule has 1 saturated heterocycles. The van der Waals surface area contributed by atoms with Crippen molar-refractivity contribution in [2.24, 2.45) is 5.92 Å². The highest BCUT2D eigenvalue weighted by Crippen LogP contribution is 2.37. The molecule has 31 heavy (non-hydrogen) atoms. The molecule has 2 N–H and O–H groups in total. The summed E-state index contributed by atoms with van der Waals surface area (Å²) in [6.07, 6.45) is 2.51. The molecule has 0 unspecified atom stereocenters. The fourth-order valence-electron chi connectivity index (χ4n) is 3.63. The summed E-state index contributed by atoms with van der Waals surface area (Å²) in [6.45, 7) is 5.02. The quantitative estimate of drug-likeness (QED) is 0.644. The Morgan fingerprint density at radius 2 is 1.94 bits per heavy atom. The zero-order chi connectivity index (χ0) is 22.0. The van der Waals surface area contributed by atoms with Crippen molar-refractivity contribution in [3.05, 3.63) is 53.4 Å². The molecule has 1 fully saturated rings. The van der Waals surface area contributed by atoms with E-state index in [4.69, 9.17) is 4.74 Å². The minimum absolute atomic E-state index is 0.115. The summed E-state index contributed by atoms with van der Waals surface area (Å²) < 4.78 is 33.0. The van der Waals surface area contributed by atoms with Crippen molar-refractivity contribution in [3.8, 4) is 0 Å². The minimum atomic E-state index is -3.73. The van der Waals surface area contributed by atoms with E-state index in [2.05, 4.69) is 17.2 Å². The van der Waals surface area contributed by atoms with E-state index in [0.717, 1.165) is 10.4 Å². The van der Waals surface area contributed by atoms with Crippen molar-refractivity contribution in [2.45, 2.75) is 30.8 Å². The molecule has 2 aliphatic heterocycles. The maximum absolute atomic E-state index is 13.2. The van der Waals surface area contributed by atoms with E-state index < -0.39 is 10.0 Å². The molecular weight excluding hydrogens is 438 g/mol. The van der Waals surface area contributed by atoms with Crippen LogP contribution in [0.2, 0.25) is 0 Å². The molecule has 10 heteroatoms. The van der Waals surface area contributed by atoms with E-state index in [-0.39, 0.29) is 35.7 Å². The highest BCUT2D eigenvalue weighted by atomic mass is 32.2. The van der Waals surface area contributed by atoms with Crippen LogP contribution >= 0.6 is 11.3 Å². The molecule has 2 aliphatic rings. The van der Waals surface area contributed by atoms with E-state index >= 15 is 0 Å². The molecule has 164 valence electrons. The van der Waals surface area contributed by atoms with Gasteiger partial charge in [-0.3, -0.25) is 9.59 Å². The first-order valence-corrected chi connectivity index (χ1v) is 12.2. The Morgan fingerprint density at radius 3 is 2.65 bits per heavy atom. The van der Waals surface area contributed by atoms with Gasteiger partial charge in [-0.25, -0.2) is 8.42 Å². The lowest BCUT2D eigenvalue weighted by atomic mass is 9.99. The lowest BCUT2D eigenvalue weighted by Crippen LogP contribution is -2.29. The smallest absolute Gasteiger partial charge is 0.248 e. The monoisotopic (exact) mass is 461 g/mol. The standard InChI is InChI=1S/C21H23N3O5S2/c1-2-19(25)23-20-10-15-12-24(13-18(15)30-20)31(27,28)17-5-3-4-16(11-17)22-21(26)14-6-8-29-9-7-14/h2-5,10-11,14H,1,6-9,12-13H2,(H,22,26)(H,23,25). The fraction of sp³-hybridized carbons (Fsp3) is 0.333. The zero-order valence-electron chi connectivity index (χ0n) is 16.8. The fourth-order valence-corrected chi connectivity index (χ4v) is 6.24. The molecule has 0 saturated carbocycles. The number of anilines is 2. The average molecular weight is 462 g/mol. The Morgan fingerprint density at radius 1 is 1.16 bits per heavy atom. The first-order chi connectivity index (χ1) is 14.9. The van der Waals surface area contributed by atoms with E-state index in [1.54, 1.807) is 18.2 Å². The van der Waals surface area contributed by atoms with Crippen LogP contribution in [-0.4, -0.2) is 37.8 Å². The number of carbonyl (C=O) groups excluding carboxylic acids is 2. The van der Waals surface area contributed by atoms with Gasteiger partial charge in [-0.2, -0.15) is 4.31 Å². The van der Waals surface area contributed by atoms with Crippen LogP contribution in [0, 0.1) is 5.92 Å². The largest absolute Gasteiger partial charge is 0.381 e. The summed E-state index contributed by atoms with van der Waals surface area (Å²) in [4.78, 5) is 25.0. The maximum Gasteiger partial charge on any atom is 0.248 e. The van der Waals surface area contributed by atoms with Gasteiger partial charge in [0.1, 0.15) is 0 Å². The van der Waals surface area contributed by atoms with Crippen molar-refractivity contribution in [3.63, 3.8) is 0 Å².